The van der Waals surface area contributed by atoms with Gasteiger partial charge in [-0.1, -0.05) is 133 Å². The van der Waals surface area contributed by atoms with E-state index >= 15 is 0 Å². The minimum absolute atomic E-state index is 0.529. The van der Waals surface area contributed by atoms with Crippen molar-refractivity contribution >= 4 is 65.7 Å². The molecule has 0 N–H and O–H groups in total. The fourth-order valence-electron chi connectivity index (χ4n) is 8.42. The Bertz CT molecular complexity index is 3530. The average molecular weight is 731 g/mol. The van der Waals surface area contributed by atoms with Crippen LogP contribution in [0.25, 0.3) is 117 Å². The molecule has 12 aromatic rings. The van der Waals surface area contributed by atoms with E-state index in [1.807, 2.05) is 60.7 Å². The number of furan rings is 2. The van der Waals surface area contributed by atoms with Crippen molar-refractivity contribution in [1.29, 1.82) is 0 Å². The molecule has 0 radical (unpaired) electrons. The minimum atomic E-state index is 0.529. The molecule has 0 amide bonds. The van der Waals surface area contributed by atoms with Gasteiger partial charge < -0.3 is 8.83 Å². The highest BCUT2D eigenvalue weighted by atomic mass is 16.3. The molecule has 266 valence electrons. The number of nitrogens with zero attached hydrogens (tertiary/aromatic N) is 4. The van der Waals surface area contributed by atoms with E-state index in [0.29, 0.717) is 17.6 Å². The van der Waals surface area contributed by atoms with Crippen molar-refractivity contribution in [3.05, 3.63) is 182 Å². The predicted octanol–water partition coefficient (Wildman–Crippen LogP) is 13.4. The Morgan fingerprint density at radius 2 is 0.947 bits per heavy atom. The third kappa shape index (κ3) is 5.01. The number of hydrogen-bond donors (Lipinski definition) is 0. The largest absolute Gasteiger partial charge is 0.456 e. The van der Waals surface area contributed by atoms with Gasteiger partial charge in [-0.2, -0.15) is 9.97 Å². The van der Waals surface area contributed by atoms with Gasteiger partial charge in [0.2, 0.25) is 5.95 Å². The molecule has 12 rings (SSSR count). The molecule has 0 fully saturated rings. The second-order valence-electron chi connectivity index (χ2n) is 14.4. The fourth-order valence-corrected chi connectivity index (χ4v) is 8.42. The molecule has 6 nitrogen and oxygen atoms in total. The van der Waals surface area contributed by atoms with Gasteiger partial charge in [-0.25, -0.2) is 4.98 Å². The lowest BCUT2D eigenvalue weighted by Gasteiger charge is -2.12. The van der Waals surface area contributed by atoms with E-state index < -0.39 is 0 Å². The molecule has 0 unspecified atom stereocenters. The zero-order chi connectivity index (χ0) is 37.5. The van der Waals surface area contributed by atoms with Crippen LogP contribution in [0.5, 0.6) is 0 Å². The topological polar surface area (TPSA) is 69.9 Å². The molecule has 8 aromatic carbocycles. The van der Waals surface area contributed by atoms with E-state index in [4.69, 9.17) is 23.8 Å². The van der Waals surface area contributed by atoms with E-state index in [1.54, 1.807) is 0 Å². The summed E-state index contributed by atoms with van der Waals surface area (Å²) in [5.41, 5.74) is 11.4. The van der Waals surface area contributed by atoms with Crippen molar-refractivity contribution in [2.75, 3.05) is 0 Å². The first-order valence-electron chi connectivity index (χ1n) is 19.0. The maximum absolute atomic E-state index is 6.49. The molecule has 4 heterocycles. The highest BCUT2D eigenvalue weighted by Gasteiger charge is 2.21. The zero-order valence-corrected chi connectivity index (χ0v) is 30.4. The Morgan fingerprint density at radius 1 is 0.333 bits per heavy atom. The Labute approximate surface area is 325 Å². The molecule has 0 spiro atoms. The summed E-state index contributed by atoms with van der Waals surface area (Å²) in [4.78, 5) is 15.6. The van der Waals surface area contributed by atoms with Gasteiger partial charge in [0.25, 0.3) is 0 Å². The maximum Gasteiger partial charge on any atom is 0.238 e. The number of rotatable bonds is 5. The second-order valence-corrected chi connectivity index (χ2v) is 14.4. The van der Waals surface area contributed by atoms with Crippen molar-refractivity contribution in [3.63, 3.8) is 0 Å². The third-order valence-corrected chi connectivity index (χ3v) is 11.0. The second kappa shape index (κ2) is 12.3. The van der Waals surface area contributed by atoms with Gasteiger partial charge in [0, 0.05) is 49.5 Å². The first-order chi connectivity index (χ1) is 28.2. The summed E-state index contributed by atoms with van der Waals surface area (Å²) in [6.07, 6.45) is 0. The maximum atomic E-state index is 6.49. The minimum Gasteiger partial charge on any atom is -0.456 e. The van der Waals surface area contributed by atoms with Crippen molar-refractivity contribution < 1.29 is 8.83 Å². The lowest BCUT2D eigenvalue weighted by atomic mass is 9.94. The summed E-state index contributed by atoms with van der Waals surface area (Å²) in [6.45, 7) is 0. The van der Waals surface area contributed by atoms with Crippen LogP contribution in [0.1, 0.15) is 0 Å². The van der Waals surface area contributed by atoms with E-state index in [0.717, 1.165) is 99.1 Å². The lowest BCUT2D eigenvalue weighted by Crippen LogP contribution is -2.06. The number of aromatic nitrogens is 4. The quantitative estimate of drug-likeness (QED) is 0.176. The summed E-state index contributed by atoms with van der Waals surface area (Å²) in [7, 11) is 0. The fraction of sp³-hybridized carbons (Fsp3) is 0. The highest BCUT2D eigenvalue weighted by molar-refractivity contribution is 6.17. The number of hydrogen-bond acceptors (Lipinski definition) is 5. The Hall–Kier alpha value is -7.83. The van der Waals surface area contributed by atoms with Crippen molar-refractivity contribution in [1.82, 2.24) is 19.5 Å². The van der Waals surface area contributed by atoms with Crippen LogP contribution in [0.4, 0.5) is 0 Å². The van der Waals surface area contributed by atoms with Gasteiger partial charge in [-0.3, -0.25) is 4.57 Å². The standard InChI is InChI=1S/C51H30N4O2/c1-3-14-31(15-4-1)39-27-35(28-47-48(39)38-22-9-12-25-45(38)57-47)33-18-13-19-34(26-33)50-52-49(32-16-5-2-6-17-32)53-51(54-50)55-42-23-10-7-20-36(42)40-29-41-37-21-8-11-24-44(37)56-46(41)30-43(40)55/h1-30H. The van der Waals surface area contributed by atoms with Crippen molar-refractivity contribution in [2.24, 2.45) is 0 Å². The molecular formula is C51H30N4O2. The van der Waals surface area contributed by atoms with Gasteiger partial charge in [-0.05, 0) is 64.7 Å². The van der Waals surface area contributed by atoms with E-state index in [-0.39, 0.29) is 0 Å². The highest BCUT2D eigenvalue weighted by Crippen LogP contribution is 2.41. The van der Waals surface area contributed by atoms with Crippen LogP contribution in [0.15, 0.2) is 191 Å². The molecule has 4 aromatic heterocycles. The Morgan fingerprint density at radius 3 is 1.75 bits per heavy atom. The predicted molar refractivity (Wildman–Crippen MR) is 230 cm³/mol. The smallest absolute Gasteiger partial charge is 0.238 e. The number of para-hydroxylation sites is 3. The van der Waals surface area contributed by atoms with Crippen LogP contribution in [0.3, 0.4) is 0 Å². The molecule has 0 aliphatic carbocycles. The van der Waals surface area contributed by atoms with Gasteiger partial charge in [0.05, 0.1) is 11.0 Å². The number of fused-ring (bicyclic) bond motifs is 9. The zero-order valence-electron chi connectivity index (χ0n) is 30.4. The summed E-state index contributed by atoms with van der Waals surface area (Å²) < 4.78 is 15.0. The summed E-state index contributed by atoms with van der Waals surface area (Å²) in [5.74, 6) is 1.69. The van der Waals surface area contributed by atoms with Crippen molar-refractivity contribution in [2.45, 2.75) is 0 Å². The van der Waals surface area contributed by atoms with Gasteiger partial charge in [-0.15, -0.1) is 0 Å². The van der Waals surface area contributed by atoms with Crippen LogP contribution in [-0.4, -0.2) is 19.5 Å². The van der Waals surface area contributed by atoms with Gasteiger partial charge in [0.1, 0.15) is 22.3 Å². The van der Waals surface area contributed by atoms with Crippen LogP contribution >= 0.6 is 0 Å². The normalized spacial score (nSPS) is 11.9. The van der Waals surface area contributed by atoms with Crippen LogP contribution in [0.2, 0.25) is 0 Å². The van der Waals surface area contributed by atoms with E-state index in [1.165, 1.54) is 0 Å². The van der Waals surface area contributed by atoms with Gasteiger partial charge in [0.15, 0.2) is 11.6 Å². The molecule has 0 saturated heterocycles. The first-order valence-corrected chi connectivity index (χ1v) is 19.0. The molecule has 0 atom stereocenters. The summed E-state index contributed by atoms with van der Waals surface area (Å²) in [5, 5.41) is 6.59. The van der Waals surface area contributed by atoms with Crippen molar-refractivity contribution in [3.8, 4) is 51.0 Å². The average Bonchev–Trinajstić information content (AvgIpc) is 3.95. The van der Waals surface area contributed by atoms with Gasteiger partial charge >= 0.3 is 0 Å². The molecule has 0 aliphatic heterocycles. The Kier molecular flexibility index (Phi) is 6.83. The third-order valence-electron chi connectivity index (χ3n) is 11.0. The van der Waals surface area contributed by atoms with Crippen LogP contribution in [0, 0.1) is 0 Å². The molecule has 57 heavy (non-hydrogen) atoms. The molecular weight excluding hydrogens is 701 g/mol. The summed E-state index contributed by atoms with van der Waals surface area (Å²) in [6, 6.07) is 62.7. The first kappa shape index (κ1) is 31.5. The molecule has 0 bridgehead atoms. The van der Waals surface area contributed by atoms with E-state index in [2.05, 4.69) is 126 Å². The molecule has 0 aliphatic rings. The van der Waals surface area contributed by atoms with Crippen LogP contribution in [-0.2, 0) is 0 Å². The van der Waals surface area contributed by atoms with E-state index in [9.17, 15) is 0 Å². The number of benzene rings is 8. The monoisotopic (exact) mass is 730 g/mol. The van der Waals surface area contributed by atoms with Crippen LogP contribution < -0.4 is 0 Å². The Balaban J connectivity index is 1.08. The summed E-state index contributed by atoms with van der Waals surface area (Å²) >= 11 is 0. The molecule has 0 saturated carbocycles. The molecule has 6 heteroatoms. The lowest BCUT2D eigenvalue weighted by molar-refractivity contribution is 0.669. The SMILES string of the molecule is c1ccc(-c2nc(-c3cccc(-c4cc(-c5ccccc5)c5c(c4)oc4ccccc45)c3)nc(-n3c4ccccc4c4cc5c(cc43)oc3ccccc35)n2)cc1.